The number of amides is 1. The average molecular weight is 445 g/mol. The topological polar surface area (TPSA) is 71.3 Å². The maximum absolute atomic E-state index is 12.3. The monoisotopic (exact) mass is 444 g/mol. The predicted octanol–water partition coefficient (Wildman–Crippen LogP) is 5.25. The van der Waals surface area contributed by atoms with Crippen LogP contribution in [0.2, 0.25) is 5.02 Å². The zero-order chi connectivity index (χ0) is 20.9. The molecule has 158 valence electrons. The molecule has 1 N–H and O–H groups in total. The fraction of sp³-hybridized carbons (Fsp3) is 0.409. The van der Waals surface area contributed by atoms with E-state index in [0.717, 1.165) is 36.8 Å². The number of carbonyl (C=O) groups excluding carboxylic acids is 1. The number of nitrogens with zero attached hydrogens (tertiary/aromatic N) is 3. The average Bonchev–Trinajstić information content (AvgIpc) is 3.36. The van der Waals surface area contributed by atoms with Gasteiger partial charge in [0.25, 0.3) is 0 Å². The van der Waals surface area contributed by atoms with E-state index in [-0.39, 0.29) is 12.3 Å². The molecule has 1 aliphatic rings. The Morgan fingerprint density at radius 3 is 3.10 bits per heavy atom. The third-order valence-electron chi connectivity index (χ3n) is 5.18. The summed E-state index contributed by atoms with van der Waals surface area (Å²) < 4.78 is 5.75. The van der Waals surface area contributed by atoms with Gasteiger partial charge in [0.15, 0.2) is 16.8 Å². The molecule has 1 amide bonds. The molecule has 30 heavy (non-hydrogen) atoms. The van der Waals surface area contributed by atoms with Crippen LogP contribution in [0.4, 0.5) is 5.13 Å². The number of nitrogens with one attached hydrogen (secondary N) is 1. The Morgan fingerprint density at radius 1 is 1.40 bits per heavy atom. The molecule has 3 aromatic rings. The van der Waals surface area contributed by atoms with Gasteiger partial charge in [0.2, 0.25) is 5.91 Å². The molecule has 6 nitrogen and oxygen atoms in total. The van der Waals surface area contributed by atoms with Crippen LogP contribution in [0.25, 0.3) is 11.3 Å². The Morgan fingerprint density at radius 2 is 2.27 bits per heavy atom. The molecule has 2 aromatic heterocycles. The highest BCUT2D eigenvalue weighted by Gasteiger charge is 2.18. The lowest BCUT2D eigenvalue weighted by atomic mass is 10.0. The van der Waals surface area contributed by atoms with Gasteiger partial charge in [-0.05, 0) is 37.4 Å². The van der Waals surface area contributed by atoms with Crippen LogP contribution in [-0.2, 0) is 17.8 Å². The lowest BCUT2D eigenvalue weighted by molar-refractivity contribution is -0.116. The molecular formula is C22H25ClN4O2S. The van der Waals surface area contributed by atoms with Crippen molar-refractivity contribution in [2.24, 2.45) is 5.92 Å². The minimum atomic E-state index is -0.0972. The highest BCUT2D eigenvalue weighted by molar-refractivity contribution is 7.13. The van der Waals surface area contributed by atoms with E-state index in [1.54, 1.807) is 12.3 Å². The van der Waals surface area contributed by atoms with Gasteiger partial charge in [-0.25, -0.2) is 9.97 Å². The van der Waals surface area contributed by atoms with Crippen molar-refractivity contribution in [2.75, 3.05) is 18.4 Å². The third kappa shape index (κ3) is 5.47. The first-order valence-corrected chi connectivity index (χ1v) is 11.5. The lowest BCUT2D eigenvalue weighted by Crippen LogP contribution is -2.33. The van der Waals surface area contributed by atoms with Crippen LogP contribution >= 0.6 is 22.9 Å². The molecule has 0 aliphatic carbocycles. The first kappa shape index (κ1) is 21.0. The van der Waals surface area contributed by atoms with Crippen molar-refractivity contribution in [1.82, 2.24) is 14.9 Å². The Balaban J connectivity index is 1.26. The SMILES string of the molecule is CC1CCCN(Cc2csc(NC(=O)CCc3ncc(-c4ccccc4Cl)o3)n2)C1. The number of benzene rings is 1. The molecule has 0 radical (unpaired) electrons. The lowest BCUT2D eigenvalue weighted by Gasteiger charge is -2.30. The van der Waals surface area contributed by atoms with E-state index in [9.17, 15) is 4.79 Å². The van der Waals surface area contributed by atoms with Crippen molar-refractivity contribution in [1.29, 1.82) is 0 Å². The van der Waals surface area contributed by atoms with E-state index in [1.165, 1.54) is 24.2 Å². The van der Waals surface area contributed by atoms with E-state index in [0.29, 0.717) is 28.2 Å². The maximum Gasteiger partial charge on any atom is 0.226 e. The second-order valence-corrected chi connectivity index (χ2v) is 9.04. The molecule has 1 aromatic carbocycles. The van der Waals surface area contributed by atoms with E-state index >= 15 is 0 Å². The molecule has 0 saturated carbocycles. The van der Waals surface area contributed by atoms with Crippen molar-refractivity contribution < 1.29 is 9.21 Å². The second-order valence-electron chi connectivity index (χ2n) is 7.77. The number of aryl methyl sites for hydroxylation is 1. The Kier molecular flexibility index (Phi) is 6.82. The summed E-state index contributed by atoms with van der Waals surface area (Å²) in [6.07, 6.45) is 4.89. The van der Waals surface area contributed by atoms with Gasteiger partial charge in [0.05, 0.1) is 16.9 Å². The molecule has 1 saturated heterocycles. The number of oxazole rings is 1. The van der Waals surface area contributed by atoms with Crippen LogP contribution < -0.4 is 5.32 Å². The highest BCUT2D eigenvalue weighted by atomic mass is 35.5. The number of thiazole rings is 1. The summed E-state index contributed by atoms with van der Waals surface area (Å²) in [5.74, 6) is 1.76. The van der Waals surface area contributed by atoms with Crippen molar-refractivity contribution in [2.45, 2.75) is 39.2 Å². The van der Waals surface area contributed by atoms with Crippen LogP contribution in [0.3, 0.4) is 0 Å². The van der Waals surface area contributed by atoms with Gasteiger partial charge < -0.3 is 9.73 Å². The minimum absolute atomic E-state index is 0.0972. The van der Waals surface area contributed by atoms with Crippen molar-refractivity contribution in [3.63, 3.8) is 0 Å². The molecule has 1 unspecified atom stereocenters. The molecule has 1 fully saturated rings. The molecule has 8 heteroatoms. The smallest absolute Gasteiger partial charge is 0.226 e. The van der Waals surface area contributed by atoms with Gasteiger partial charge in [-0.1, -0.05) is 30.7 Å². The zero-order valence-corrected chi connectivity index (χ0v) is 18.5. The summed E-state index contributed by atoms with van der Waals surface area (Å²) >= 11 is 7.66. The van der Waals surface area contributed by atoms with Crippen molar-refractivity contribution in [3.8, 4) is 11.3 Å². The number of hydrogen-bond acceptors (Lipinski definition) is 6. The highest BCUT2D eigenvalue weighted by Crippen LogP contribution is 2.28. The molecule has 4 rings (SSSR count). The predicted molar refractivity (Wildman–Crippen MR) is 120 cm³/mol. The molecule has 3 heterocycles. The van der Waals surface area contributed by atoms with Gasteiger partial charge in [-0.2, -0.15) is 0 Å². The summed E-state index contributed by atoms with van der Waals surface area (Å²) in [4.78, 5) is 23.6. The quantitative estimate of drug-likeness (QED) is 0.538. The number of piperidine rings is 1. The first-order chi connectivity index (χ1) is 14.6. The van der Waals surface area contributed by atoms with Crippen LogP contribution in [0, 0.1) is 5.92 Å². The van der Waals surface area contributed by atoms with E-state index in [4.69, 9.17) is 16.0 Å². The first-order valence-electron chi connectivity index (χ1n) is 10.2. The van der Waals surface area contributed by atoms with Crippen molar-refractivity contribution in [3.05, 3.63) is 52.4 Å². The summed E-state index contributed by atoms with van der Waals surface area (Å²) in [6.45, 7) is 5.38. The third-order valence-corrected chi connectivity index (χ3v) is 6.32. The van der Waals surface area contributed by atoms with E-state index in [1.807, 2.05) is 23.6 Å². The normalized spacial score (nSPS) is 17.2. The molecule has 0 bridgehead atoms. The number of rotatable bonds is 7. The van der Waals surface area contributed by atoms with Crippen LogP contribution in [-0.4, -0.2) is 33.9 Å². The Bertz CT molecular complexity index is 1000. The van der Waals surface area contributed by atoms with Crippen LogP contribution in [0.1, 0.15) is 37.8 Å². The Labute approximate surface area is 185 Å². The number of likely N-dealkylation sites (tertiary alicyclic amines) is 1. The molecule has 1 aliphatic heterocycles. The largest absolute Gasteiger partial charge is 0.441 e. The van der Waals surface area contributed by atoms with Gasteiger partial charge in [0.1, 0.15) is 0 Å². The number of anilines is 1. The van der Waals surface area contributed by atoms with E-state index < -0.39 is 0 Å². The van der Waals surface area contributed by atoms with Gasteiger partial charge in [-0.3, -0.25) is 9.69 Å². The van der Waals surface area contributed by atoms with Crippen molar-refractivity contribution >= 4 is 34.0 Å². The fourth-order valence-corrected chi connectivity index (χ4v) is 4.66. The fourth-order valence-electron chi connectivity index (χ4n) is 3.71. The van der Waals surface area contributed by atoms with Gasteiger partial charge in [0, 0.05) is 36.9 Å². The number of carbonyl (C=O) groups is 1. The maximum atomic E-state index is 12.3. The van der Waals surface area contributed by atoms with Crippen LogP contribution in [0.15, 0.2) is 40.3 Å². The number of hydrogen-bond donors (Lipinski definition) is 1. The second kappa shape index (κ2) is 9.73. The molecule has 0 spiro atoms. The standard InChI is InChI=1S/C22H25ClN4O2S/c1-15-5-4-10-27(12-15)13-16-14-30-22(25-16)26-20(28)8-9-21-24-11-19(29-21)17-6-2-3-7-18(17)23/h2-3,6-7,11,14-15H,4-5,8-10,12-13H2,1H3,(H,25,26,28). The Hall–Kier alpha value is -2.22. The van der Waals surface area contributed by atoms with Crippen LogP contribution in [0.5, 0.6) is 0 Å². The summed E-state index contributed by atoms with van der Waals surface area (Å²) in [6, 6.07) is 7.44. The summed E-state index contributed by atoms with van der Waals surface area (Å²) in [5, 5.41) is 6.16. The molecule has 1 atom stereocenters. The summed E-state index contributed by atoms with van der Waals surface area (Å²) in [7, 11) is 0. The van der Waals surface area contributed by atoms with E-state index in [2.05, 4.69) is 27.1 Å². The summed E-state index contributed by atoms with van der Waals surface area (Å²) in [5.41, 5.74) is 1.81. The van der Waals surface area contributed by atoms with Gasteiger partial charge in [-0.15, -0.1) is 11.3 Å². The number of aromatic nitrogens is 2. The minimum Gasteiger partial charge on any atom is -0.441 e. The molecular weight excluding hydrogens is 420 g/mol. The van der Waals surface area contributed by atoms with Gasteiger partial charge >= 0.3 is 0 Å². The number of halogens is 1. The zero-order valence-electron chi connectivity index (χ0n) is 16.9.